The number of rotatable bonds is 10. The van der Waals surface area contributed by atoms with Crippen LogP contribution >= 0.6 is 0 Å². The molecule has 0 aliphatic heterocycles. The number of carbonyl (C=O) groups is 3. The average molecular weight is 450 g/mol. The molecule has 3 rings (SSSR count). The van der Waals surface area contributed by atoms with Crippen molar-refractivity contribution in [1.82, 2.24) is 5.32 Å². The van der Waals surface area contributed by atoms with Gasteiger partial charge in [0.1, 0.15) is 11.5 Å². The number of aryl methyl sites for hydroxylation is 1. The molecule has 1 heterocycles. The summed E-state index contributed by atoms with van der Waals surface area (Å²) in [6, 6.07) is 17.5. The lowest BCUT2D eigenvalue weighted by molar-refractivity contribution is -0.149. The third-order valence-electron chi connectivity index (χ3n) is 4.93. The molecule has 0 atom stereocenters. The molecule has 1 N–H and O–H groups in total. The lowest BCUT2D eigenvalue weighted by Crippen LogP contribution is -2.34. The Morgan fingerprint density at radius 3 is 2.42 bits per heavy atom. The van der Waals surface area contributed by atoms with Crippen molar-refractivity contribution >= 4 is 23.5 Å². The molecule has 8 heteroatoms. The molecule has 0 spiro atoms. The Hall–Kier alpha value is -4.07. The quantitative estimate of drug-likeness (QED) is 0.476. The summed E-state index contributed by atoms with van der Waals surface area (Å²) in [5.41, 5.74) is 1.86. The monoisotopic (exact) mass is 450 g/mol. The first-order valence-corrected chi connectivity index (χ1v) is 10.5. The van der Waals surface area contributed by atoms with Crippen molar-refractivity contribution in [2.45, 2.75) is 19.9 Å². The van der Waals surface area contributed by atoms with Gasteiger partial charge >= 0.3 is 5.97 Å². The molecule has 0 fully saturated rings. The van der Waals surface area contributed by atoms with Crippen molar-refractivity contribution in [3.8, 4) is 5.75 Å². The van der Waals surface area contributed by atoms with Crippen LogP contribution in [0.2, 0.25) is 0 Å². The summed E-state index contributed by atoms with van der Waals surface area (Å²) in [6.45, 7) is 1.48. The van der Waals surface area contributed by atoms with E-state index in [4.69, 9.17) is 13.9 Å². The van der Waals surface area contributed by atoms with E-state index in [2.05, 4.69) is 5.32 Å². The lowest BCUT2D eigenvalue weighted by atomic mass is 10.1. The molecule has 3 aromatic rings. The topological polar surface area (TPSA) is 98.1 Å². The van der Waals surface area contributed by atoms with Gasteiger partial charge in [0.2, 0.25) is 0 Å². The number of carbonyl (C=O) groups excluding carboxylic acids is 3. The van der Waals surface area contributed by atoms with Crippen molar-refractivity contribution in [2.75, 3.05) is 25.2 Å². The third-order valence-corrected chi connectivity index (χ3v) is 4.93. The van der Waals surface area contributed by atoms with E-state index >= 15 is 0 Å². The fourth-order valence-electron chi connectivity index (χ4n) is 3.01. The van der Waals surface area contributed by atoms with Gasteiger partial charge in [-0.25, -0.2) is 4.79 Å². The van der Waals surface area contributed by atoms with Crippen molar-refractivity contribution in [2.24, 2.45) is 0 Å². The number of esters is 1. The highest BCUT2D eigenvalue weighted by Crippen LogP contribution is 2.20. The number of ether oxygens (including phenoxy) is 2. The van der Waals surface area contributed by atoms with Crippen molar-refractivity contribution in [3.05, 3.63) is 83.8 Å². The molecule has 2 aromatic carbocycles. The van der Waals surface area contributed by atoms with E-state index < -0.39 is 18.5 Å². The fourth-order valence-corrected chi connectivity index (χ4v) is 3.01. The van der Waals surface area contributed by atoms with Gasteiger partial charge in [-0.1, -0.05) is 31.2 Å². The molecule has 0 unspecified atom stereocenters. The molecule has 1 aromatic heterocycles. The van der Waals surface area contributed by atoms with Crippen LogP contribution in [0.15, 0.2) is 71.3 Å². The molecule has 2 amide bonds. The minimum Gasteiger partial charge on any atom is -0.482 e. The van der Waals surface area contributed by atoms with Crippen molar-refractivity contribution < 1.29 is 28.3 Å². The number of amides is 2. The minimum absolute atomic E-state index is 0.219. The van der Waals surface area contributed by atoms with Crippen molar-refractivity contribution in [1.29, 1.82) is 0 Å². The van der Waals surface area contributed by atoms with Crippen LogP contribution in [0.3, 0.4) is 0 Å². The molecule has 172 valence electrons. The third kappa shape index (κ3) is 6.70. The largest absolute Gasteiger partial charge is 0.482 e. The minimum atomic E-state index is -0.666. The van der Waals surface area contributed by atoms with Crippen LogP contribution in [0, 0.1) is 0 Å². The number of nitrogens with one attached hydrogen (secondary N) is 1. The van der Waals surface area contributed by atoms with Crippen LogP contribution in [0.4, 0.5) is 5.69 Å². The Bertz CT molecular complexity index is 1080. The number of para-hydroxylation sites is 1. The van der Waals surface area contributed by atoms with E-state index in [0.29, 0.717) is 22.8 Å². The van der Waals surface area contributed by atoms with Crippen LogP contribution in [0.25, 0.3) is 0 Å². The Kier molecular flexibility index (Phi) is 8.24. The van der Waals surface area contributed by atoms with Crippen molar-refractivity contribution in [3.63, 3.8) is 0 Å². The maximum atomic E-state index is 12.6. The predicted octanol–water partition coefficient (Wildman–Crippen LogP) is 3.36. The number of anilines is 1. The molecule has 33 heavy (non-hydrogen) atoms. The first-order chi connectivity index (χ1) is 16.0. The summed E-state index contributed by atoms with van der Waals surface area (Å²) in [7, 11) is 1.51. The van der Waals surface area contributed by atoms with E-state index in [9.17, 15) is 14.4 Å². The SMILES string of the molecule is CCc1ccc(OCC(=O)OCC(=O)N(C)c2ccccc2C(=O)NCc2ccco2)cc1. The van der Waals surface area contributed by atoms with Crippen LogP contribution < -0.4 is 15.0 Å². The number of likely N-dealkylation sites (N-methyl/N-ethyl adjacent to an activating group) is 1. The second kappa shape index (κ2) is 11.5. The zero-order valence-electron chi connectivity index (χ0n) is 18.6. The molecule has 0 saturated heterocycles. The van der Waals surface area contributed by atoms with Gasteiger partial charge in [-0.3, -0.25) is 9.59 Å². The van der Waals surface area contributed by atoms with Gasteiger partial charge in [-0.05, 0) is 48.4 Å². The van der Waals surface area contributed by atoms with E-state index in [1.54, 1.807) is 48.5 Å². The molecule has 0 aliphatic rings. The molecular weight excluding hydrogens is 424 g/mol. The van der Waals surface area contributed by atoms with E-state index in [1.165, 1.54) is 18.2 Å². The number of hydrogen-bond donors (Lipinski definition) is 1. The number of furan rings is 1. The summed E-state index contributed by atoms with van der Waals surface area (Å²) >= 11 is 0. The Labute approximate surface area is 192 Å². The van der Waals surface area contributed by atoms with E-state index in [0.717, 1.165) is 12.0 Å². The Morgan fingerprint density at radius 2 is 1.73 bits per heavy atom. The zero-order chi connectivity index (χ0) is 23.6. The fraction of sp³-hybridized carbons (Fsp3) is 0.240. The Morgan fingerprint density at radius 1 is 0.970 bits per heavy atom. The van der Waals surface area contributed by atoms with Crippen LogP contribution in [-0.4, -0.2) is 38.0 Å². The highest BCUT2D eigenvalue weighted by molar-refractivity contribution is 6.05. The van der Waals surface area contributed by atoms with Gasteiger partial charge in [0.05, 0.1) is 24.1 Å². The molecule has 0 aliphatic carbocycles. The first-order valence-electron chi connectivity index (χ1n) is 10.5. The summed E-state index contributed by atoms with van der Waals surface area (Å²) in [5.74, 6) is -0.355. The maximum Gasteiger partial charge on any atom is 0.344 e. The van der Waals surface area contributed by atoms with E-state index in [-0.39, 0.29) is 19.1 Å². The second-order valence-corrected chi connectivity index (χ2v) is 7.18. The van der Waals surface area contributed by atoms with Gasteiger partial charge in [-0.2, -0.15) is 0 Å². The van der Waals surface area contributed by atoms with E-state index in [1.807, 2.05) is 19.1 Å². The zero-order valence-corrected chi connectivity index (χ0v) is 18.6. The highest BCUT2D eigenvalue weighted by Gasteiger charge is 2.20. The van der Waals surface area contributed by atoms with Crippen LogP contribution in [0.1, 0.15) is 28.6 Å². The summed E-state index contributed by atoms with van der Waals surface area (Å²) in [4.78, 5) is 38.5. The van der Waals surface area contributed by atoms with Crippen LogP contribution in [0.5, 0.6) is 5.75 Å². The molecule has 0 radical (unpaired) electrons. The number of benzene rings is 2. The standard InChI is InChI=1S/C25H26N2O6/c1-3-18-10-12-19(13-11-18)32-17-24(29)33-16-23(28)27(2)22-9-5-4-8-21(22)25(30)26-15-20-7-6-14-31-20/h4-14H,3,15-17H2,1-2H3,(H,26,30). The average Bonchev–Trinajstić information content (AvgIpc) is 3.38. The number of hydrogen-bond acceptors (Lipinski definition) is 6. The maximum absolute atomic E-state index is 12.6. The number of nitrogens with zero attached hydrogens (tertiary/aromatic N) is 1. The Balaban J connectivity index is 1.51. The normalized spacial score (nSPS) is 10.4. The van der Waals surface area contributed by atoms with Gasteiger partial charge < -0.3 is 24.1 Å². The highest BCUT2D eigenvalue weighted by atomic mass is 16.6. The second-order valence-electron chi connectivity index (χ2n) is 7.18. The summed E-state index contributed by atoms with van der Waals surface area (Å²) < 4.78 is 15.6. The molecule has 0 bridgehead atoms. The molecule has 8 nitrogen and oxygen atoms in total. The van der Waals surface area contributed by atoms with Gasteiger partial charge in [-0.15, -0.1) is 0 Å². The molecule has 0 saturated carbocycles. The predicted molar refractivity (Wildman–Crippen MR) is 122 cm³/mol. The summed E-state index contributed by atoms with van der Waals surface area (Å²) in [6.07, 6.45) is 2.43. The summed E-state index contributed by atoms with van der Waals surface area (Å²) in [5, 5.41) is 2.75. The van der Waals surface area contributed by atoms with Gasteiger partial charge in [0.25, 0.3) is 11.8 Å². The lowest BCUT2D eigenvalue weighted by Gasteiger charge is -2.20. The van der Waals surface area contributed by atoms with Gasteiger partial charge in [0, 0.05) is 7.05 Å². The van der Waals surface area contributed by atoms with Gasteiger partial charge in [0.15, 0.2) is 13.2 Å². The molecular formula is C25H26N2O6. The first kappa shape index (κ1) is 23.6. The smallest absolute Gasteiger partial charge is 0.344 e. The van der Waals surface area contributed by atoms with Crippen LogP contribution in [-0.2, 0) is 27.3 Å².